The largest absolute Gasteiger partial charge is 0.416 e. The average Bonchev–Trinajstić information content (AvgIpc) is 3.29. The molecule has 0 radical (unpaired) electrons. The number of aromatic nitrogens is 2. The minimum Gasteiger partial charge on any atom is -0.369 e. The van der Waals surface area contributed by atoms with Crippen molar-refractivity contribution >= 4 is 23.2 Å². The maximum atomic E-state index is 13.4. The van der Waals surface area contributed by atoms with E-state index in [0.29, 0.717) is 42.5 Å². The van der Waals surface area contributed by atoms with Gasteiger partial charge in [0, 0.05) is 31.2 Å². The van der Waals surface area contributed by atoms with Gasteiger partial charge in [0.2, 0.25) is 5.91 Å². The lowest BCUT2D eigenvalue weighted by molar-refractivity contribution is -0.137. The molecule has 1 aromatic carbocycles. The Bertz CT molecular complexity index is 1460. The first-order valence-corrected chi connectivity index (χ1v) is 12.0. The Kier molecular flexibility index (Phi) is 6.05. The van der Waals surface area contributed by atoms with Crippen molar-refractivity contribution < 1.29 is 22.8 Å². The van der Waals surface area contributed by atoms with E-state index < -0.39 is 29.1 Å². The van der Waals surface area contributed by atoms with Gasteiger partial charge in [-0.2, -0.15) is 13.2 Å². The Labute approximate surface area is 211 Å². The molecule has 192 valence electrons. The van der Waals surface area contributed by atoms with E-state index in [1.54, 1.807) is 12.3 Å². The van der Waals surface area contributed by atoms with Crippen LogP contribution in [0.4, 0.5) is 18.0 Å². The molecule has 0 fully saturated rings. The fraction of sp³-hybridized carbons (Fsp3) is 0.296. The smallest absolute Gasteiger partial charge is 0.369 e. The topological polar surface area (TPSA) is 107 Å². The summed E-state index contributed by atoms with van der Waals surface area (Å²) in [5.41, 5.74) is 13.9. The molecule has 2 aliphatic rings. The lowest BCUT2D eigenvalue weighted by atomic mass is 9.64. The molecule has 3 aromatic rings. The second-order valence-electron chi connectivity index (χ2n) is 9.49. The quantitative estimate of drug-likeness (QED) is 0.535. The summed E-state index contributed by atoms with van der Waals surface area (Å²) in [5, 5.41) is 0. The molecule has 3 amide bonds. The standard InChI is InChI=1S/C27H26F3N5O2/c28-27(29,30)18-5-3-4-17(14-18)20-8-11-26(24(31)36,22-16-34(25(32)37)13-9-21(20)22)10-7-19-15-33-23-6-1-2-12-35(19)23/h1-6,8,12,14-15H,7,9-11,13,16H2,(H2,31,36)(H2,32,37). The summed E-state index contributed by atoms with van der Waals surface area (Å²) in [7, 11) is 0. The number of nitrogens with two attached hydrogens (primary N) is 2. The van der Waals surface area contributed by atoms with Crippen molar-refractivity contribution in [3.05, 3.63) is 88.9 Å². The molecule has 0 bridgehead atoms. The lowest BCUT2D eigenvalue weighted by Crippen LogP contribution is -2.49. The van der Waals surface area contributed by atoms with Crippen LogP contribution >= 0.6 is 0 Å². The molecular formula is C27H26F3N5O2. The number of hydrogen-bond donors (Lipinski definition) is 2. The molecule has 2 aromatic heterocycles. The van der Waals surface area contributed by atoms with Gasteiger partial charge in [0.25, 0.3) is 0 Å². The second-order valence-corrected chi connectivity index (χ2v) is 9.49. The molecule has 0 saturated heterocycles. The molecule has 37 heavy (non-hydrogen) atoms. The number of amides is 3. The van der Waals surface area contributed by atoms with E-state index in [1.165, 1.54) is 11.0 Å². The van der Waals surface area contributed by atoms with Gasteiger partial charge in [-0.25, -0.2) is 9.78 Å². The normalized spacial score (nSPS) is 20.1. The van der Waals surface area contributed by atoms with Gasteiger partial charge in [-0.1, -0.05) is 24.3 Å². The third-order valence-corrected chi connectivity index (χ3v) is 7.49. The van der Waals surface area contributed by atoms with Gasteiger partial charge in [-0.3, -0.25) is 4.79 Å². The molecule has 1 aliphatic heterocycles. The van der Waals surface area contributed by atoms with Crippen LogP contribution in [0.25, 0.3) is 11.2 Å². The molecule has 0 saturated carbocycles. The molecule has 10 heteroatoms. The van der Waals surface area contributed by atoms with E-state index in [1.807, 2.05) is 34.9 Å². The third-order valence-electron chi connectivity index (χ3n) is 7.49. The van der Waals surface area contributed by atoms with Crippen LogP contribution in [0.2, 0.25) is 0 Å². The van der Waals surface area contributed by atoms with Crippen molar-refractivity contribution in [1.82, 2.24) is 14.3 Å². The number of benzene rings is 1. The van der Waals surface area contributed by atoms with Gasteiger partial charge in [-0.15, -0.1) is 0 Å². The van der Waals surface area contributed by atoms with Crippen LogP contribution in [0.3, 0.4) is 0 Å². The van der Waals surface area contributed by atoms with Crippen LogP contribution in [-0.2, 0) is 17.4 Å². The monoisotopic (exact) mass is 509 g/mol. The molecule has 4 N–H and O–H groups in total. The molecule has 1 unspecified atom stereocenters. The van der Waals surface area contributed by atoms with Crippen molar-refractivity contribution in [2.45, 2.75) is 31.9 Å². The minimum absolute atomic E-state index is 0.0943. The number of pyridine rings is 1. The maximum Gasteiger partial charge on any atom is 0.416 e. The number of fused-ring (bicyclic) bond motifs is 1. The summed E-state index contributed by atoms with van der Waals surface area (Å²) in [4.78, 5) is 31.0. The first kappa shape index (κ1) is 24.6. The van der Waals surface area contributed by atoms with Crippen LogP contribution in [0, 0.1) is 5.41 Å². The van der Waals surface area contributed by atoms with E-state index >= 15 is 0 Å². The molecule has 5 rings (SSSR count). The van der Waals surface area contributed by atoms with Gasteiger partial charge in [-0.05, 0) is 72.2 Å². The third kappa shape index (κ3) is 4.36. The van der Waals surface area contributed by atoms with E-state index in [4.69, 9.17) is 11.5 Å². The van der Waals surface area contributed by atoms with Crippen LogP contribution < -0.4 is 11.5 Å². The first-order chi connectivity index (χ1) is 17.6. The van der Waals surface area contributed by atoms with Gasteiger partial charge >= 0.3 is 12.2 Å². The Morgan fingerprint density at radius 1 is 1.11 bits per heavy atom. The first-order valence-electron chi connectivity index (χ1n) is 12.0. The number of carbonyl (C=O) groups is 2. The van der Waals surface area contributed by atoms with Crippen LogP contribution in [-0.4, -0.2) is 39.3 Å². The SMILES string of the molecule is NC(=O)N1CCC2=C(C1)C(CCc1cnc3ccccn13)(C(N)=O)CC=C2c1cccc(C(F)(F)F)c1. The van der Waals surface area contributed by atoms with Crippen molar-refractivity contribution in [2.24, 2.45) is 16.9 Å². The number of imidazole rings is 1. The van der Waals surface area contributed by atoms with E-state index in [-0.39, 0.29) is 13.0 Å². The maximum absolute atomic E-state index is 13.4. The zero-order valence-electron chi connectivity index (χ0n) is 20.0. The number of carbonyl (C=O) groups excluding carboxylic acids is 2. The highest BCUT2D eigenvalue weighted by atomic mass is 19.4. The summed E-state index contributed by atoms with van der Waals surface area (Å²) in [6.45, 7) is 0.392. The number of alkyl halides is 3. The highest BCUT2D eigenvalue weighted by molar-refractivity contribution is 5.91. The summed E-state index contributed by atoms with van der Waals surface area (Å²) >= 11 is 0. The molecular weight excluding hydrogens is 483 g/mol. The summed E-state index contributed by atoms with van der Waals surface area (Å²) in [6.07, 6.45) is 2.36. The van der Waals surface area contributed by atoms with Crippen molar-refractivity contribution in [1.29, 1.82) is 0 Å². The van der Waals surface area contributed by atoms with E-state index in [0.717, 1.165) is 29.0 Å². The number of halogens is 3. The van der Waals surface area contributed by atoms with Crippen LogP contribution in [0.15, 0.2) is 72.1 Å². The fourth-order valence-electron chi connectivity index (χ4n) is 5.50. The molecule has 7 nitrogen and oxygen atoms in total. The number of nitrogens with zero attached hydrogens (tertiary/aromatic N) is 3. The number of hydrogen-bond acceptors (Lipinski definition) is 3. The fourth-order valence-corrected chi connectivity index (χ4v) is 5.50. The highest BCUT2D eigenvalue weighted by Crippen LogP contribution is 2.49. The second kappa shape index (κ2) is 9.10. The molecule has 3 heterocycles. The van der Waals surface area contributed by atoms with Crippen LogP contribution in [0.1, 0.15) is 36.1 Å². The minimum atomic E-state index is -4.48. The zero-order chi connectivity index (χ0) is 26.4. The Morgan fingerprint density at radius 2 is 1.92 bits per heavy atom. The number of primary amides is 2. The van der Waals surface area contributed by atoms with E-state index in [9.17, 15) is 22.8 Å². The van der Waals surface area contributed by atoms with Gasteiger partial charge in [0.15, 0.2) is 0 Å². The Balaban J connectivity index is 1.57. The van der Waals surface area contributed by atoms with Gasteiger partial charge < -0.3 is 20.8 Å². The number of aryl methyl sites for hydroxylation is 1. The summed E-state index contributed by atoms with van der Waals surface area (Å²) < 4.78 is 42.2. The highest BCUT2D eigenvalue weighted by Gasteiger charge is 2.46. The van der Waals surface area contributed by atoms with Gasteiger partial charge in [0.05, 0.1) is 11.0 Å². The molecule has 1 atom stereocenters. The Morgan fingerprint density at radius 3 is 2.65 bits per heavy atom. The van der Waals surface area contributed by atoms with Crippen molar-refractivity contribution in [3.63, 3.8) is 0 Å². The predicted octanol–water partition coefficient (Wildman–Crippen LogP) is 4.33. The zero-order valence-corrected chi connectivity index (χ0v) is 20.0. The van der Waals surface area contributed by atoms with Gasteiger partial charge in [0.1, 0.15) is 5.65 Å². The Hall–Kier alpha value is -4.08. The van der Waals surface area contributed by atoms with E-state index in [2.05, 4.69) is 4.98 Å². The van der Waals surface area contributed by atoms with Crippen molar-refractivity contribution in [3.8, 4) is 0 Å². The lowest BCUT2D eigenvalue weighted by Gasteiger charge is -2.43. The number of allylic oxidation sites excluding steroid dienone is 2. The van der Waals surface area contributed by atoms with Crippen molar-refractivity contribution in [2.75, 3.05) is 13.1 Å². The summed E-state index contributed by atoms with van der Waals surface area (Å²) in [6, 6.07) is 10.2. The molecule has 1 aliphatic carbocycles. The molecule has 0 spiro atoms. The summed E-state index contributed by atoms with van der Waals surface area (Å²) in [5.74, 6) is -0.542. The van der Waals surface area contributed by atoms with Crippen LogP contribution in [0.5, 0.6) is 0 Å². The average molecular weight is 510 g/mol. The predicted molar refractivity (Wildman–Crippen MR) is 132 cm³/mol. The number of urea groups is 1. The number of rotatable bonds is 5.